The molecule has 0 bridgehead atoms. The zero-order chi connectivity index (χ0) is 12.1. The molecule has 0 aliphatic heterocycles. The van der Waals surface area contributed by atoms with Gasteiger partial charge in [-0.1, -0.05) is 16.6 Å². The van der Waals surface area contributed by atoms with E-state index in [9.17, 15) is 4.79 Å². The molecular formula is C11H10ClN3OS. The van der Waals surface area contributed by atoms with Gasteiger partial charge in [0.15, 0.2) is 0 Å². The zero-order valence-corrected chi connectivity index (χ0v) is 10.5. The lowest BCUT2D eigenvalue weighted by Gasteiger charge is -2.04. The van der Waals surface area contributed by atoms with Gasteiger partial charge in [0, 0.05) is 18.0 Å². The molecule has 0 saturated heterocycles. The number of aromatic nitrogens is 2. The number of nitrogens with zero attached hydrogens (tertiary/aromatic N) is 2. The maximum absolute atomic E-state index is 11.3. The maximum atomic E-state index is 11.3. The summed E-state index contributed by atoms with van der Waals surface area (Å²) < 4.78 is 3.80. The van der Waals surface area contributed by atoms with E-state index in [1.165, 1.54) is 11.5 Å². The van der Waals surface area contributed by atoms with Crippen LogP contribution in [0.2, 0.25) is 0 Å². The second kappa shape index (κ2) is 5.75. The van der Waals surface area contributed by atoms with E-state index in [2.05, 4.69) is 14.9 Å². The van der Waals surface area contributed by atoms with Crippen LogP contribution in [0.1, 0.15) is 6.42 Å². The minimum atomic E-state index is -0.0767. The van der Waals surface area contributed by atoms with Gasteiger partial charge in [-0.3, -0.25) is 4.79 Å². The summed E-state index contributed by atoms with van der Waals surface area (Å²) in [6.45, 7) is 0. The molecule has 6 heteroatoms. The molecule has 0 aliphatic rings. The summed E-state index contributed by atoms with van der Waals surface area (Å²) in [5, 5.41) is 6.54. The van der Waals surface area contributed by atoms with Crippen LogP contribution in [0, 0.1) is 0 Å². The van der Waals surface area contributed by atoms with Crippen molar-refractivity contribution in [3.05, 3.63) is 30.5 Å². The molecule has 88 valence electrons. The summed E-state index contributed by atoms with van der Waals surface area (Å²) in [7, 11) is 0. The maximum Gasteiger partial charge on any atom is 0.225 e. The lowest BCUT2D eigenvalue weighted by Crippen LogP contribution is -2.11. The number of anilines is 1. The van der Waals surface area contributed by atoms with Gasteiger partial charge in [0.2, 0.25) is 5.91 Å². The molecule has 0 aliphatic carbocycles. The highest BCUT2D eigenvalue weighted by atomic mass is 35.5. The molecule has 0 fully saturated rings. The van der Waals surface area contributed by atoms with Gasteiger partial charge in [0.05, 0.1) is 11.1 Å². The number of amides is 1. The second-order valence-corrected chi connectivity index (χ2v) is 4.51. The average Bonchev–Trinajstić information content (AvgIpc) is 2.84. The second-order valence-electron chi connectivity index (χ2n) is 3.35. The van der Waals surface area contributed by atoms with Crippen LogP contribution in [0.4, 0.5) is 5.69 Å². The van der Waals surface area contributed by atoms with Crippen molar-refractivity contribution in [2.24, 2.45) is 0 Å². The molecule has 0 atom stereocenters. The molecule has 0 saturated carbocycles. The summed E-state index contributed by atoms with van der Waals surface area (Å²) in [5.41, 5.74) is 1.80. The van der Waals surface area contributed by atoms with E-state index in [0.717, 1.165) is 16.1 Å². The first kappa shape index (κ1) is 12.0. The van der Waals surface area contributed by atoms with Crippen LogP contribution in [0.15, 0.2) is 30.5 Å². The number of alkyl halides is 1. The Morgan fingerprint density at radius 2 is 2.12 bits per heavy atom. The third-order valence-corrected chi connectivity index (χ3v) is 3.04. The average molecular weight is 268 g/mol. The van der Waals surface area contributed by atoms with Crippen LogP contribution in [0.25, 0.3) is 10.4 Å². The predicted octanol–water partition coefficient (Wildman–Crippen LogP) is 2.77. The van der Waals surface area contributed by atoms with Crippen molar-refractivity contribution in [1.29, 1.82) is 0 Å². The van der Waals surface area contributed by atoms with Gasteiger partial charge in [-0.25, -0.2) is 0 Å². The van der Waals surface area contributed by atoms with Crippen molar-refractivity contribution >= 4 is 34.7 Å². The van der Waals surface area contributed by atoms with Gasteiger partial charge in [-0.15, -0.1) is 16.7 Å². The van der Waals surface area contributed by atoms with Crippen molar-refractivity contribution in [3.8, 4) is 10.4 Å². The topological polar surface area (TPSA) is 54.9 Å². The summed E-state index contributed by atoms with van der Waals surface area (Å²) in [6.07, 6.45) is 2.04. The fourth-order valence-electron chi connectivity index (χ4n) is 1.32. The van der Waals surface area contributed by atoms with Crippen molar-refractivity contribution in [1.82, 2.24) is 9.59 Å². The highest BCUT2D eigenvalue weighted by Gasteiger charge is 2.03. The van der Waals surface area contributed by atoms with Gasteiger partial charge in [-0.05, 0) is 29.2 Å². The lowest BCUT2D eigenvalue weighted by molar-refractivity contribution is -0.115. The third kappa shape index (κ3) is 3.25. The Hall–Kier alpha value is -1.46. The van der Waals surface area contributed by atoms with Gasteiger partial charge < -0.3 is 5.32 Å². The smallest absolute Gasteiger partial charge is 0.225 e. The molecular weight excluding hydrogens is 258 g/mol. The Bertz CT molecular complexity index is 484. The molecule has 0 unspecified atom stereocenters. The molecule has 1 aromatic heterocycles. The minimum Gasteiger partial charge on any atom is -0.326 e. The number of nitrogens with one attached hydrogen (secondary N) is 1. The van der Waals surface area contributed by atoms with Crippen molar-refractivity contribution in [3.63, 3.8) is 0 Å². The lowest BCUT2D eigenvalue weighted by atomic mass is 10.2. The predicted molar refractivity (Wildman–Crippen MR) is 69.3 cm³/mol. The van der Waals surface area contributed by atoms with E-state index in [1.807, 2.05) is 24.3 Å². The molecule has 2 aromatic rings. The molecule has 1 heterocycles. The molecule has 1 aromatic carbocycles. The normalized spacial score (nSPS) is 10.2. The van der Waals surface area contributed by atoms with Crippen LogP contribution in [0.3, 0.4) is 0 Å². The number of carbonyl (C=O) groups is 1. The van der Waals surface area contributed by atoms with Crippen molar-refractivity contribution < 1.29 is 4.79 Å². The van der Waals surface area contributed by atoms with Gasteiger partial charge in [0.25, 0.3) is 0 Å². The molecule has 1 amide bonds. The van der Waals surface area contributed by atoms with Crippen LogP contribution in [0.5, 0.6) is 0 Å². The number of carbonyl (C=O) groups excluding carboxylic acids is 1. The highest BCUT2D eigenvalue weighted by Crippen LogP contribution is 2.23. The Morgan fingerprint density at radius 1 is 1.35 bits per heavy atom. The highest BCUT2D eigenvalue weighted by molar-refractivity contribution is 7.09. The summed E-state index contributed by atoms with van der Waals surface area (Å²) in [6, 6.07) is 7.54. The monoisotopic (exact) mass is 267 g/mol. The molecule has 0 spiro atoms. The summed E-state index contributed by atoms with van der Waals surface area (Å²) in [4.78, 5) is 12.3. The minimum absolute atomic E-state index is 0.0767. The van der Waals surface area contributed by atoms with Crippen LogP contribution >= 0.6 is 23.1 Å². The van der Waals surface area contributed by atoms with E-state index < -0.39 is 0 Å². The summed E-state index contributed by atoms with van der Waals surface area (Å²) >= 11 is 6.82. The molecule has 0 radical (unpaired) electrons. The molecule has 1 N–H and O–H groups in total. The Morgan fingerprint density at radius 3 is 2.71 bits per heavy atom. The van der Waals surface area contributed by atoms with Gasteiger partial charge in [0.1, 0.15) is 0 Å². The van der Waals surface area contributed by atoms with Crippen molar-refractivity contribution in [2.45, 2.75) is 6.42 Å². The largest absolute Gasteiger partial charge is 0.326 e. The van der Waals surface area contributed by atoms with E-state index in [4.69, 9.17) is 11.6 Å². The van der Waals surface area contributed by atoms with Gasteiger partial charge in [-0.2, -0.15) is 0 Å². The Balaban J connectivity index is 2.06. The van der Waals surface area contributed by atoms with E-state index >= 15 is 0 Å². The SMILES string of the molecule is O=C(CCCl)Nc1ccc(-c2cnns2)cc1. The van der Waals surface area contributed by atoms with Crippen LogP contribution in [-0.2, 0) is 4.79 Å². The van der Waals surface area contributed by atoms with E-state index in [-0.39, 0.29) is 5.91 Å². The number of hydrogen-bond acceptors (Lipinski definition) is 4. The first-order valence-electron chi connectivity index (χ1n) is 5.03. The Kier molecular flexibility index (Phi) is 4.06. The first-order chi connectivity index (χ1) is 8.29. The molecule has 4 nitrogen and oxygen atoms in total. The third-order valence-electron chi connectivity index (χ3n) is 2.14. The summed E-state index contributed by atoms with van der Waals surface area (Å²) in [5.74, 6) is 0.253. The van der Waals surface area contributed by atoms with Gasteiger partial charge >= 0.3 is 0 Å². The zero-order valence-electron chi connectivity index (χ0n) is 8.89. The van der Waals surface area contributed by atoms with Crippen LogP contribution in [-0.4, -0.2) is 21.4 Å². The molecule has 2 rings (SSSR count). The molecule has 17 heavy (non-hydrogen) atoms. The fraction of sp³-hybridized carbons (Fsp3) is 0.182. The van der Waals surface area contributed by atoms with E-state index in [0.29, 0.717) is 12.3 Å². The quantitative estimate of drug-likeness (QED) is 0.867. The van der Waals surface area contributed by atoms with Crippen LogP contribution < -0.4 is 5.32 Å². The van der Waals surface area contributed by atoms with Crippen molar-refractivity contribution in [2.75, 3.05) is 11.2 Å². The number of rotatable bonds is 4. The Labute approximate surface area is 108 Å². The first-order valence-corrected chi connectivity index (χ1v) is 6.34. The number of hydrogen-bond donors (Lipinski definition) is 1. The number of halogens is 1. The fourth-order valence-corrected chi connectivity index (χ4v) is 2.01. The van der Waals surface area contributed by atoms with E-state index in [1.54, 1.807) is 6.20 Å². The number of benzene rings is 1. The standard InChI is InChI=1S/C11H10ClN3OS/c12-6-5-11(16)14-9-3-1-8(2-4-9)10-7-13-15-17-10/h1-4,7H,5-6H2,(H,14,16).